The van der Waals surface area contributed by atoms with E-state index in [0.29, 0.717) is 0 Å². The Kier molecular flexibility index (Phi) is 5.08. The molecule has 4 heteroatoms. The fourth-order valence-corrected chi connectivity index (χ4v) is 3.44. The van der Waals surface area contributed by atoms with Gasteiger partial charge in [0.05, 0.1) is 4.90 Å². The van der Waals surface area contributed by atoms with Gasteiger partial charge in [0.25, 0.3) is 0 Å². The van der Waals surface area contributed by atoms with Crippen LogP contribution in [0.3, 0.4) is 0 Å². The number of hydrogen-bond acceptors (Lipinski definition) is 2. The summed E-state index contributed by atoms with van der Waals surface area (Å²) in [6, 6.07) is 27.3. The van der Waals surface area contributed by atoms with Crippen molar-refractivity contribution in [2.24, 2.45) is 0 Å². The first-order chi connectivity index (χ1) is 11.6. The number of rotatable bonds is 6. The van der Waals surface area contributed by atoms with Crippen LogP contribution >= 0.6 is 0 Å². The van der Waals surface area contributed by atoms with E-state index in [-0.39, 0.29) is 11.4 Å². The zero-order valence-electron chi connectivity index (χ0n) is 13.1. The average Bonchev–Trinajstić information content (AvgIpc) is 2.62. The zero-order valence-corrected chi connectivity index (χ0v) is 14.0. The van der Waals surface area contributed by atoms with Gasteiger partial charge in [-0.2, -0.15) is 0 Å². The maximum absolute atomic E-state index is 12.4. The Bertz CT molecular complexity index is 874. The molecule has 0 amide bonds. The molecule has 1 N–H and O–H groups in total. The number of sulfonamides is 1. The van der Waals surface area contributed by atoms with Crippen molar-refractivity contribution < 1.29 is 8.42 Å². The number of nitrogens with one attached hydrogen (secondary N) is 1. The Morgan fingerprint density at radius 1 is 0.792 bits per heavy atom. The second-order valence-corrected chi connectivity index (χ2v) is 7.31. The van der Waals surface area contributed by atoms with Crippen LogP contribution in [0, 0.1) is 6.07 Å². The Hall–Kier alpha value is -2.43. The number of benzene rings is 3. The first-order valence-corrected chi connectivity index (χ1v) is 9.19. The number of hydrogen-bond donors (Lipinski definition) is 1. The maximum Gasteiger partial charge on any atom is 0.240 e. The molecule has 3 rings (SSSR count). The van der Waals surface area contributed by atoms with Gasteiger partial charge in [0, 0.05) is 6.54 Å². The van der Waals surface area contributed by atoms with Crippen LogP contribution < -0.4 is 4.72 Å². The summed E-state index contributed by atoms with van der Waals surface area (Å²) >= 11 is 0. The molecule has 0 saturated carbocycles. The monoisotopic (exact) mass is 336 g/mol. The average molecular weight is 336 g/mol. The smallest absolute Gasteiger partial charge is 0.207 e. The predicted octanol–water partition coefficient (Wildman–Crippen LogP) is 3.56. The van der Waals surface area contributed by atoms with Crippen molar-refractivity contribution in [2.75, 3.05) is 0 Å². The second-order valence-electron chi connectivity index (χ2n) is 5.54. The van der Waals surface area contributed by atoms with Crippen molar-refractivity contribution in [3.8, 4) is 0 Å². The quantitative estimate of drug-likeness (QED) is 0.748. The molecule has 0 aliphatic heterocycles. The van der Waals surface area contributed by atoms with Crippen molar-refractivity contribution in [1.29, 1.82) is 0 Å². The summed E-state index contributed by atoms with van der Waals surface area (Å²) in [6.45, 7) is 0.283. The molecule has 0 spiro atoms. The molecule has 3 aromatic carbocycles. The Morgan fingerprint density at radius 3 is 2.17 bits per heavy atom. The van der Waals surface area contributed by atoms with E-state index in [0.717, 1.165) is 23.1 Å². The lowest BCUT2D eigenvalue weighted by atomic mass is 10.1. The molecule has 0 atom stereocenters. The van der Waals surface area contributed by atoms with Crippen LogP contribution in [-0.2, 0) is 23.0 Å². The lowest BCUT2D eigenvalue weighted by Gasteiger charge is -2.08. The van der Waals surface area contributed by atoms with Crippen LogP contribution in [0.25, 0.3) is 0 Å². The summed E-state index contributed by atoms with van der Waals surface area (Å²) < 4.78 is 27.3. The van der Waals surface area contributed by atoms with Gasteiger partial charge in [-0.1, -0.05) is 66.7 Å². The van der Waals surface area contributed by atoms with E-state index in [2.05, 4.69) is 10.8 Å². The highest BCUT2D eigenvalue weighted by Crippen LogP contribution is 2.14. The molecule has 24 heavy (non-hydrogen) atoms. The van der Waals surface area contributed by atoms with Crippen molar-refractivity contribution in [3.63, 3.8) is 0 Å². The summed E-state index contributed by atoms with van der Waals surface area (Å²) in [5.41, 5.74) is 3.14. The largest absolute Gasteiger partial charge is 0.240 e. The van der Waals surface area contributed by atoms with E-state index in [1.807, 2.05) is 66.7 Å². The van der Waals surface area contributed by atoms with E-state index in [9.17, 15) is 8.42 Å². The van der Waals surface area contributed by atoms with E-state index in [1.165, 1.54) is 0 Å². The Labute approximate surface area is 143 Å². The zero-order chi connectivity index (χ0) is 16.8. The topological polar surface area (TPSA) is 46.2 Å². The summed E-state index contributed by atoms with van der Waals surface area (Å²) in [6.07, 6.45) is 0.759. The summed E-state index contributed by atoms with van der Waals surface area (Å²) in [4.78, 5) is 0.279. The SMILES string of the molecule is O=S(=O)(NCc1ccccc1)c1ccc(Cc2c[c]ccc2)cc1. The van der Waals surface area contributed by atoms with Crippen LogP contribution in [0.5, 0.6) is 0 Å². The molecule has 0 aliphatic rings. The Balaban J connectivity index is 1.67. The van der Waals surface area contributed by atoms with E-state index in [1.54, 1.807) is 12.1 Å². The van der Waals surface area contributed by atoms with E-state index < -0.39 is 10.0 Å². The minimum atomic E-state index is -3.50. The highest BCUT2D eigenvalue weighted by atomic mass is 32.2. The fourth-order valence-electron chi connectivity index (χ4n) is 2.42. The third-order valence-electron chi connectivity index (χ3n) is 3.72. The molecular formula is C20H18NO2S. The lowest BCUT2D eigenvalue weighted by Crippen LogP contribution is -2.23. The lowest BCUT2D eigenvalue weighted by molar-refractivity contribution is 0.581. The molecule has 0 bridgehead atoms. The van der Waals surface area contributed by atoms with E-state index in [4.69, 9.17) is 0 Å². The maximum atomic E-state index is 12.4. The first kappa shape index (κ1) is 16.4. The van der Waals surface area contributed by atoms with Gasteiger partial charge in [-0.15, -0.1) is 0 Å². The molecule has 0 unspecified atom stereocenters. The molecule has 1 radical (unpaired) electrons. The summed E-state index contributed by atoms with van der Waals surface area (Å²) in [5, 5.41) is 0. The van der Waals surface area contributed by atoms with Gasteiger partial charge in [0.2, 0.25) is 10.0 Å². The molecule has 0 aromatic heterocycles. The van der Waals surface area contributed by atoms with Crippen molar-refractivity contribution in [2.45, 2.75) is 17.9 Å². The highest BCUT2D eigenvalue weighted by Gasteiger charge is 2.13. The third-order valence-corrected chi connectivity index (χ3v) is 5.14. The highest BCUT2D eigenvalue weighted by molar-refractivity contribution is 7.89. The van der Waals surface area contributed by atoms with Gasteiger partial charge >= 0.3 is 0 Å². The Morgan fingerprint density at radius 2 is 1.50 bits per heavy atom. The molecule has 3 nitrogen and oxygen atoms in total. The molecule has 0 heterocycles. The first-order valence-electron chi connectivity index (χ1n) is 7.71. The third kappa shape index (κ3) is 4.31. The molecule has 0 aliphatic carbocycles. The predicted molar refractivity (Wildman–Crippen MR) is 95.0 cm³/mol. The van der Waals surface area contributed by atoms with Crippen LogP contribution in [0.2, 0.25) is 0 Å². The van der Waals surface area contributed by atoms with E-state index >= 15 is 0 Å². The van der Waals surface area contributed by atoms with Gasteiger partial charge in [-0.3, -0.25) is 0 Å². The molecule has 0 saturated heterocycles. The normalized spacial score (nSPS) is 11.3. The van der Waals surface area contributed by atoms with Gasteiger partial charge in [0.1, 0.15) is 0 Å². The van der Waals surface area contributed by atoms with Crippen molar-refractivity contribution >= 4 is 10.0 Å². The minimum Gasteiger partial charge on any atom is -0.207 e. The summed E-state index contributed by atoms with van der Waals surface area (Å²) in [5.74, 6) is 0. The van der Waals surface area contributed by atoms with Crippen LogP contribution in [-0.4, -0.2) is 8.42 Å². The van der Waals surface area contributed by atoms with Gasteiger partial charge in [-0.05, 0) is 41.3 Å². The van der Waals surface area contributed by atoms with Crippen LogP contribution in [0.15, 0.2) is 83.8 Å². The van der Waals surface area contributed by atoms with Crippen molar-refractivity contribution in [3.05, 3.63) is 102 Å². The molecule has 3 aromatic rings. The standard InChI is InChI=1S/C20H18NO2S/c22-24(23,21-16-19-9-5-2-6-10-19)20-13-11-18(12-14-20)15-17-7-3-1-4-8-17/h1-3,5-14,21H,15-16H2. The van der Waals surface area contributed by atoms with Crippen molar-refractivity contribution in [1.82, 2.24) is 4.72 Å². The second kappa shape index (κ2) is 7.43. The molecule has 121 valence electrons. The van der Waals surface area contributed by atoms with Gasteiger partial charge in [0.15, 0.2) is 0 Å². The summed E-state index contributed by atoms with van der Waals surface area (Å²) in [7, 11) is -3.50. The van der Waals surface area contributed by atoms with Crippen LogP contribution in [0.4, 0.5) is 0 Å². The molecular weight excluding hydrogens is 318 g/mol. The van der Waals surface area contributed by atoms with Crippen LogP contribution in [0.1, 0.15) is 16.7 Å². The van der Waals surface area contributed by atoms with Gasteiger partial charge < -0.3 is 0 Å². The van der Waals surface area contributed by atoms with Gasteiger partial charge in [-0.25, -0.2) is 13.1 Å². The minimum absolute atomic E-state index is 0.279. The molecule has 0 fully saturated rings. The fraction of sp³-hybridized carbons (Fsp3) is 0.100.